The summed E-state index contributed by atoms with van der Waals surface area (Å²) in [4.78, 5) is 31.8. The first-order valence-corrected chi connectivity index (χ1v) is 9.66. The van der Waals surface area contributed by atoms with Crippen LogP contribution < -0.4 is 5.32 Å². The first kappa shape index (κ1) is 17.5. The Morgan fingerprint density at radius 2 is 2.15 bits per heavy atom. The van der Waals surface area contributed by atoms with E-state index < -0.39 is 0 Å². The van der Waals surface area contributed by atoms with Gasteiger partial charge in [-0.2, -0.15) is 0 Å². The van der Waals surface area contributed by atoms with Gasteiger partial charge in [0.1, 0.15) is 5.65 Å². The van der Waals surface area contributed by atoms with Crippen LogP contribution in [-0.2, 0) is 11.3 Å². The second kappa shape index (κ2) is 7.36. The third-order valence-corrected chi connectivity index (χ3v) is 5.88. The van der Waals surface area contributed by atoms with Gasteiger partial charge in [0.15, 0.2) is 0 Å². The van der Waals surface area contributed by atoms with E-state index in [1.54, 1.807) is 13.1 Å². The smallest absolute Gasteiger partial charge is 0.261 e. The molecule has 4 heterocycles. The molecular weight excluding hydrogens is 360 g/mol. The molecule has 1 aliphatic rings. The van der Waals surface area contributed by atoms with Crippen LogP contribution in [0.15, 0.2) is 48.9 Å². The third kappa shape index (κ3) is 3.78. The maximum Gasteiger partial charge on any atom is 0.261 e. The Hall–Kier alpha value is -2.93. The zero-order valence-corrected chi connectivity index (χ0v) is 15.8. The lowest BCUT2D eigenvalue weighted by atomic mass is 10.1. The van der Waals surface area contributed by atoms with Crippen LogP contribution in [-0.4, -0.2) is 39.2 Å². The highest BCUT2D eigenvalue weighted by atomic mass is 32.1. The van der Waals surface area contributed by atoms with Crippen molar-refractivity contribution in [1.29, 1.82) is 0 Å². The topological polar surface area (TPSA) is 66.7 Å². The number of thiophene rings is 1. The fourth-order valence-corrected chi connectivity index (χ4v) is 4.13. The summed E-state index contributed by atoms with van der Waals surface area (Å²) in [6, 6.07) is 7.80. The first-order valence-electron chi connectivity index (χ1n) is 8.85. The van der Waals surface area contributed by atoms with Gasteiger partial charge in [-0.15, -0.1) is 11.3 Å². The van der Waals surface area contributed by atoms with E-state index in [9.17, 15) is 9.59 Å². The van der Waals surface area contributed by atoms with Crippen LogP contribution in [0.25, 0.3) is 11.2 Å². The lowest BCUT2D eigenvalue weighted by Gasteiger charge is -2.24. The molecule has 0 atom stereocenters. The molecule has 2 amide bonds. The second-order valence-corrected chi connectivity index (χ2v) is 7.60. The van der Waals surface area contributed by atoms with E-state index in [0.717, 1.165) is 29.1 Å². The summed E-state index contributed by atoms with van der Waals surface area (Å²) >= 11 is 1.50. The lowest BCUT2D eigenvalue weighted by Crippen LogP contribution is -2.32. The minimum absolute atomic E-state index is 0.0729. The van der Waals surface area contributed by atoms with Crippen molar-refractivity contribution in [2.45, 2.75) is 19.9 Å². The summed E-state index contributed by atoms with van der Waals surface area (Å²) in [5, 5.41) is 2.97. The highest BCUT2D eigenvalue weighted by Crippen LogP contribution is 2.29. The molecule has 7 heteroatoms. The van der Waals surface area contributed by atoms with Crippen molar-refractivity contribution in [1.82, 2.24) is 19.6 Å². The van der Waals surface area contributed by atoms with Crippen molar-refractivity contribution in [3.63, 3.8) is 0 Å². The third-order valence-electron chi connectivity index (χ3n) is 4.72. The van der Waals surface area contributed by atoms with Gasteiger partial charge < -0.3 is 14.6 Å². The molecular formula is C20H20N4O2S. The Morgan fingerprint density at radius 3 is 2.93 bits per heavy atom. The number of hydrogen-bond donors (Lipinski definition) is 1. The molecule has 4 rings (SSSR count). The summed E-state index contributed by atoms with van der Waals surface area (Å²) in [5.74, 6) is 0.0290. The molecule has 0 bridgehead atoms. The molecule has 3 aromatic heterocycles. The van der Waals surface area contributed by atoms with E-state index in [2.05, 4.69) is 16.4 Å². The monoisotopic (exact) mass is 380 g/mol. The van der Waals surface area contributed by atoms with Crippen LogP contribution in [0.4, 0.5) is 0 Å². The molecule has 0 fully saturated rings. The van der Waals surface area contributed by atoms with Gasteiger partial charge in [0.2, 0.25) is 5.91 Å². The molecule has 1 aliphatic heterocycles. The number of nitrogens with one attached hydrogen (secondary N) is 1. The predicted molar refractivity (Wildman–Crippen MR) is 106 cm³/mol. The van der Waals surface area contributed by atoms with Crippen molar-refractivity contribution < 1.29 is 9.59 Å². The molecule has 27 heavy (non-hydrogen) atoms. The van der Waals surface area contributed by atoms with Crippen molar-refractivity contribution >= 4 is 34.4 Å². The van der Waals surface area contributed by atoms with Gasteiger partial charge >= 0.3 is 0 Å². The molecule has 0 aromatic carbocycles. The van der Waals surface area contributed by atoms with Gasteiger partial charge in [-0.1, -0.05) is 6.08 Å². The average Bonchev–Trinajstić information content (AvgIpc) is 3.35. The van der Waals surface area contributed by atoms with E-state index in [0.29, 0.717) is 18.0 Å². The maximum absolute atomic E-state index is 12.5. The summed E-state index contributed by atoms with van der Waals surface area (Å²) in [5.41, 5.74) is 3.09. The zero-order chi connectivity index (χ0) is 18.8. The molecule has 3 aromatic rings. The number of pyridine rings is 1. The SMILES string of the molecule is CC(=O)N1CC=C(c2ccc(C(=O)NCc3ccn4ccnc4c3)s2)CC1. The Labute approximate surface area is 161 Å². The summed E-state index contributed by atoms with van der Waals surface area (Å²) in [6.45, 7) is 3.43. The predicted octanol–water partition coefficient (Wildman–Crippen LogP) is 2.96. The number of imidazole rings is 1. The van der Waals surface area contributed by atoms with E-state index in [-0.39, 0.29) is 11.8 Å². The number of hydrogen-bond acceptors (Lipinski definition) is 4. The van der Waals surface area contributed by atoms with Crippen molar-refractivity contribution in [3.05, 3.63) is 64.2 Å². The normalized spacial score (nSPS) is 14.3. The number of aromatic nitrogens is 2. The van der Waals surface area contributed by atoms with Gasteiger partial charge in [-0.25, -0.2) is 4.98 Å². The number of amides is 2. The van der Waals surface area contributed by atoms with Gasteiger partial charge in [-0.3, -0.25) is 9.59 Å². The van der Waals surface area contributed by atoms with E-state index in [4.69, 9.17) is 0 Å². The van der Waals surface area contributed by atoms with Crippen LogP contribution >= 0.6 is 11.3 Å². The van der Waals surface area contributed by atoms with Crippen LogP contribution in [0.5, 0.6) is 0 Å². The van der Waals surface area contributed by atoms with Crippen molar-refractivity contribution in [2.24, 2.45) is 0 Å². The van der Waals surface area contributed by atoms with Crippen molar-refractivity contribution in [2.75, 3.05) is 13.1 Å². The van der Waals surface area contributed by atoms with Gasteiger partial charge in [0.05, 0.1) is 4.88 Å². The minimum atomic E-state index is -0.0729. The van der Waals surface area contributed by atoms with Crippen molar-refractivity contribution in [3.8, 4) is 0 Å². The number of carbonyl (C=O) groups excluding carboxylic acids is 2. The number of nitrogens with zero attached hydrogens (tertiary/aromatic N) is 3. The zero-order valence-electron chi connectivity index (χ0n) is 15.0. The largest absolute Gasteiger partial charge is 0.347 e. The summed E-state index contributed by atoms with van der Waals surface area (Å²) in [6.07, 6.45) is 8.48. The van der Waals surface area contributed by atoms with Gasteiger partial charge in [0.25, 0.3) is 5.91 Å². The summed E-state index contributed by atoms with van der Waals surface area (Å²) in [7, 11) is 0. The Morgan fingerprint density at radius 1 is 1.26 bits per heavy atom. The van der Waals surface area contributed by atoms with Crippen LogP contribution in [0.2, 0.25) is 0 Å². The Kier molecular flexibility index (Phi) is 4.77. The lowest BCUT2D eigenvalue weighted by molar-refractivity contribution is -0.128. The molecule has 0 saturated heterocycles. The molecule has 0 aliphatic carbocycles. The molecule has 0 spiro atoms. The van der Waals surface area contributed by atoms with Crippen LogP contribution in [0.3, 0.4) is 0 Å². The number of fused-ring (bicyclic) bond motifs is 1. The minimum Gasteiger partial charge on any atom is -0.347 e. The fraction of sp³-hybridized carbons (Fsp3) is 0.250. The van der Waals surface area contributed by atoms with E-state index in [1.165, 1.54) is 16.9 Å². The molecule has 1 N–H and O–H groups in total. The molecule has 0 saturated carbocycles. The van der Waals surface area contributed by atoms with Crippen LogP contribution in [0, 0.1) is 0 Å². The number of carbonyl (C=O) groups is 2. The molecule has 6 nitrogen and oxygen atoms in total. The quantitative estimate of drug-likeness (QED) is 0.757. The highest BCUT2D eigenvalue weighted by molar-refractivity contribution is 7.15. The average molecular weight is 380 g/mol. The highest BCUT2D eigenvalue weighted by Gasteiger charge is 2.17. The van der Waals surface area contributed by atoms with Gasteiger partial charge in [0, 0.05) is 50.0 Å². The fourth-order valence-electron chi connectivity index (χ4n) is 3.14. The van der Waals surface area contributed by atoms with E-state index >= 15 is 0 Å². The molecule has 0 unspecified atom stereocenters. The molecule has 0 radical (unpaired) electrons. The van der Waals surface area contributed by atoms with Crippen LogP contribution in [0.1, 0.15) is 33.5 Å². The first-order chi connectivity index (χ1) is 13.1. The Balaban J connectivity index is 1.39. The van der Waals surface area contributed by atoms with Gasteiger partial charge in [-0.05, 0) is 41.8 Å². The Bertz CT molecular complexity index is 1030. The standard InChI is InChI=1S/C20H20N4O2S/c1-14(25)23-9-5-16(6-10-23)17-2-3-18(27-17)20(26)22-13-15-4-8-24-11-7-21-19(24)12-15/h2-5,7-8,11-12H,6,9-10,13H2,1H3,(H,22,26). The summed E-state index contributed by atoms with van der Waals surface area (Å²) < 4.78 is 1.93. The maximum atomic E-state index is 12.5. The second-order valence-electron chi connectivity index (χ2n) is 6.52. The van der Waals surface area contributed by atoms with E-state index in [1.807, 2.05) is 46.0 Å². The number of rotatable bonds is 4. The molecule has 138 valence electrons.